The van der Waals surface area contributed by atoms with Gasteiger partial charge in [-0.05, 0) is 41.5 Å². The summed E-state index contributed by atoms with van der Waals surface area (Å²) in [5.41, 5.74) is 2.12. The number of ether oxygens (including phenoxy) is 1. The number of hydrogen-bond donors (Lipinski definition) is 0. The van der Waals surface area contributed by atoms with Gasteiger partial charge in [0, 0.05) is 0 Å². The van der Waals surface area contributed by atoms with Crippen LogP contribution in [0, 0.1) is 0 Å². The molecule has 0 radical (unpaired) electrons. The third-order valence-electron chi connectivity index (χ3n) is 2.67. The average Bonchev–Trinajstić information content (AvgIpc) is 2.52. The second kappa shape index (κ2) is 7.79. The normalized spacial score (nSPS) is 11.1. The Kier molecular flexibility index (Phi) is 5.40. The van der Waals surface area contributed by atoms with Crippen molar-refractivity contribution in [3.8, 4) is 5.75 Å². The summed E-state index contributed by atoms with van der Waals surface area (Å²) in [6.07, 6.45) is 5.61. The lowest BCUT2D eigenvalue weighted by Gasteiger charge is -1.98. The highest BCUT2D eigenvalue weighted by atomic mass is 16.6. The van der Waals surface area contributed by atoms with Crippen molar-refractivity contribution in [1.29, 1.82) is 0 Å². The summed E-state index contributed by atoms with van der Waals surface area (Å²) >= 11 is 0. The van der Waals surface area contributed by atoms with Gasteiger partial charge in [0.2, 0.25) is 0 Å². The molecule has 0 amide bonds. The number of oxime groups is 1. The monoisotopic (exact) mass is 267 g/mol. The quantitative estimate of drug-likeness (QED) is 0.453. The molecule has 0 heterocycles. The lowest BCUT2D eigenvalue weighted by molar-refractivity contribution is 0.177. The Bertz CT molecular complexity index is 559. The van der Waals surface area contributed by atoms with Gasteiger partial charge in [0.05, 0.1) is 13.3 Å². The third-order valence-corrected chi connectivity index (χ3v) is 2.67. The highest BCUT2D eigenvalue weighted by Crippen LogP contribution is 2.09. The fourth-order valence-electron chi connectivity index (χ4n) is 1.62. The first-order chi connectivity index (χ1) is 9.88. The lowest BCUT2D eigenvalue weighted by atomic mass is 10.2. The Labute approximate surface area is 119 Å². The maximum Gasteiger partial charge on any atom is 0.135 e. The number of nitrogens with zero attached hydrogens (tertiary/aromatic N) is 1. The second-order valence-electron chi connectivity index (χ2n) is 4.12. The van der Waals surface area contributed by atoms with Crippen molar-refractivity contribution in [1.82, 2.24) is 0 Å². The van der Waals surface area contributed by atoms with Crippen molar-refractivity contribution in [2.45, 2.75) is 0 Å². The zero-order chi connectivity index (χ0) is 14.0. The van der Waals surface area contributed by atoms with Crippen LogP contribution >= 0.6 is 0 Å². The van der Waals surface area contributed by atoms with E-state index in [1.165, 1.54) is 0 Å². The lowest BCUT2D eigenvalue weighted by Crippen LogP contribution is -1.87. The molecule has 0 saturated heterocycles. The Morgan fingerprint density at radius 2 is 1.70 bits per heavy atom. The summed E-state index contributed by atoms with van der Waals surface area (Å²) in [6, 6.07) is 17.7. The fourth-order valence-corrected chi connectivity index (χ4v) is 1.62. The van der Waals surface area contributed by atoms with Crippen LogP contribution < -0.4 is 4.74 Å². The molecule has 0 fully saturated rings. The molecule has 0 unspecified atom stereocenters. The van der Waals surface area contributed by atoms with Gasteiger partial charge in [-0.25, -0.2) is 0 Å². The SMILES string of the molecule is COc1ccc(/C=N/OC/C=C/c2ccccc2)cc1. The number of benzene rings is 2. The van der Waals surface area contributed by atoms with Crippen LogP contribution in [0.5, 0.6) is 5.75 Å². The Hall–Kier alpha value is -2.55. The molecule has 0 aliphatic rings. The molecule has 3 nitrogen and oxygen atoms in total. The van der Waals surface area contributed by atoms with E-state index in [1.54, 1.807) is 13.3 Å². The van der Waals surface area contributed by atoms with Crippen LogP contribution in [0.1, 0.15) is 11.1 Å². The maximum atomic E-state index is 5.17. The molecule has 2 aromatic rings. The van der Waals surface area contributed by atoms with E-state index in [0.717, 1.165) is 16.9 Å². The summed E-state index contributed by atoms with van der Waals surface area (Å²) in [5, 5.41) is 3.91. The summed E-state index contributed by atoms with van der Waals surface area (Å²) in [7, 11) is 1.64. The van der Waals surface area contributed by atoms with Crippen molar-refractivity contribution in [2.75, 3.05) is 13.7 Å². The molecule has 2 aromatic carbocycles. The van der Waals surface area contributed by atoms with Gasteiger partial charge in [0.15, 0.2) is 0 Å². The molecule has 2 rings (SSSR count). The van der Waals surface area contributed by atoms with E-state index in [-0.39, 0.29) is 0 Å². The first-order valence-electron chi connectivity index (χ1n) is 6.39. The van der Waals surface area contributed by atoms with Gasteiger partial charge in [-0.1, -0.05) is 41.6 Å². The van der Waals surface area contributed by atoms with Crippen LogP contribution in [-0.4, -0.2) is 19.9 Å². The molecule has 0 spiro atoms. The number of hydrogen-bond acceptors (Lipinski definition) is 3. The van der Waals surface area contributed by atoms with Crippen LogP contribution in [0.4, 0.5) is 0 Å². The van der Waals surface area contributed by atoms with Crippen LogP contribution in [-0.2, 0) is 4.84 Å². The van der Waals surface area contributed by atoms with Crippen molar-refractivity contribution in [2.24, 2.45) is 5.16 Å². The summed E-state index contributed by atoms with van der Waals surface area (Å²) in [5.74, 6) is 0.828. The molecule has 0 saturated carbocycles. The van der Waals surface area contributed by atoms with E-state index >= 15 is 0 Å². The summed E-state index contributed by atoms with van der Waals surface area (Å²) in [6.45, 7) is 0.446. The summed E-state index contributed by atoms with van der Waals surface area (Å²) < 4.78 is 5.08. The molecule has 0 aliphatic carbocycles. The largest absolute Gasteiger partial charge is 0.497 e. The number of rotatable bonds is 6. The van der Waals surface area contributed by atoms with Gasteiger partial charge in [0.25, 0.3) is 0 Å². The molecule has 20 heavy (non-hydrogen) atoms. The van der Waals surface area contributed by atoms with Gasteiger partial charge in [-0.15, -0.1) is 0 Å². The minimum atomic E-state index is 0.446. The highest BCUT2D eigenvalue weighted by Gasteiger charge is 1.90. The molecule has 0 aromatic heterocycles. The minimum Gasteiger partial charge on any atom is -0.497 e. The van der Waals surface area contributed by atoms with Gasteiger partial charge < -0.3 is 9.57 Å². The third kappa shape index (κ3) is 4.61. The predicted molar refractivity (Wildman–Crippen MR) is 82.0 cm³/mol. The highest BCUT2D eigenvalue weighted by molar-refractivity contribution is 5.79. The van der Waals surface area contributed by atoms with Crippen molar-refractivity contribution >= 4 is 12.3 Å². The van der Waals surface area contributed by atoms with Gasteiger partial charge in [-0.3, -0.25) is 0 Å². The Morgan fingerprint density at radius 1 is 0.950 bits per heavy atom. The van der Waals surface area contributed by atoms with Crippen LogP contribution in [0.15, 0.2) is 65.8 Å². The first kappa shape index (κ1) is 13.9. The summed E-state index contributed by atoms with van der Waals surface area (Å²) in [4.78, 5) is 5.17. The van der Waals surface area contributed by atoms with Crippen molar-refractivity contribution in [3.05, 3.63) is 71.8 Å². The molecule has 0 N–H and O–H groups in total. The zero-order valence-electron chi connectivity index (χ0n) is 11.4. The molecule has 102 valence electrons. The fraction of sp³-hybridized carbons (Fsp3) is 0.118. The van der Waals surface area contributed by atoms with Gasteiger partial charge >= 0.3 is 0 Å². The first-order valence-corrected chi connectivity index (χ1v) is 6.39. The van der Waals surface area contributed by atoms with E-state index in [4.69, 9.17) is 9.57 Å². The molecule has 0 bridgehead atoms. The Morgan fingerprint density at radius 3 is 2.40 bits per heavy atom. The smallest absolute Gasteiger partial charge is 0.135 e. The Balaban J connectivity index is 1.75. The van der Waals surface area contributed by atoms with Crippen molar-refractivity contribution < 1.29 is 9.57 Å². The molecule has 3 heteroatoms. The van der Waals surface area contributed by atoms with E-state index < -0.39 is 0 Å². The minimum absolute atomic E-state index is 0.446. The molecular formula is C17H17NO2. The van der Waals surface area contributed by atoms with E-state index in [0.29, 0.717) is 6.61 Å². The second-order valence-corrected chi connectivity index (χ2v) is 4.12. The van der Waals surface area contributed by atoms with E-state index in [2.05, 4.69) is 5.16 Å². The number of methoxy groups -OCH3 is 1. The van der Waals surface area contributed by atoms with Crippen molar-refractivity contribution in [3.63, 3.8) is 0 Å². The average molecular weight is 267 g/mol. The van der Waals surface area contributed by atoms with Crippen LogP contribution in [0.3, 0.4) is 0 Å². The topological polar surface area (TPSA) is 30.8 Å². The van der Waals surface area contributed by atoms with Gasteiger partial charge in [0.1, 0.15) is 12.4 Å². The molecular weight excluding hydrogens is 250 g/mol. The van der Waals surface area contributed by atoms with E-state index in [1.807, 2.05) is 66.7 Å². The molecule has 0 aliphatic heterocycles. The zero-order valence-corrected chi connectivity index (χ0v) is 11.4. The predicted octanol–water partition coefficient (Wildman–Crippen LogP) is 3.76. The molecule has 0 atom stereocenters. The standard InChI is InChI=1S/C17H17NO2/c1-19-17-11-9-16(10-12-17)14-18-20-13-5-8-15-6-3-2-4-7-15/h2-12,14H,13H2,1H3/b8-5+,18-14+. The van der Waals surface area contributed by atoms with Gasteiger partial charge in [-0.2, -0.15) is 0 Å². The van der Waals surface area contributed by atoms with Crippen LogP contribution in [0.2, 0.25) is 0 Å². The maximum absolute atomic E-state index is 5.17. The van der Waals surface area contributed by atoms with E-state index in [9.17, 15) is 0 Å². The van der Waals surface area contributed by atoms with Crippen LogP contribution in [0.25, 0.3) is 6.08 Å².